The lowest BCUT2D eigenvalue weighted by Crippen LogP contribution is -2.31. The van der Waals surface area contributed by atoms with Gasteiger partial charge in [0, 0.05) is 32.5 Å². The standard InChI is InChI=1S/C15H22N4O2/c1-2-14(20)18-7-4-8-19-11-16-12(13(19)10-18)9-17-6-3-5-15(17)21/h11H,2-10H2,1H3. The Kier molecular flexibility index (Phi) is 3.94. The number of carbonyl (C=O) groups excluding carboxylic acids is 2. The van der Waals surface area contributed by atoms with Crippen molar-refractivity contribution in [1.29, 1.82) is 0 Å². The van der Waals surface area contributed by atoms with Gasteiger partial charge in [-0.25, -0.2) is 4.98 Å². The van der Waals surface area contributed by atoms with Crippen LogP contribution in [0.1, 0.15) is 44.0 Å². The van der Waals surface area contributed by atoms with Crippen LogP contribution in [0.3, 0.4) is 0 Å². The van der Waals surface area contributed by atoms with Crippen LogP contribution in [-0.4, -0.2) is 44.3 Å². The van der Waals surface area contributed by atoms with Gasteiger partial charge in [0.25, 0.3) is 0 Å². The summed E-state index contributed by atoms with van der Waals surface area (Å²) in [6, 6.07) is 0. The quantitative estimate of drug-likeness (QED) is 0.839. The minimum Gasteiger partial charge on any atom is -0.337 e. The lowest BCUT2D eigenvalue weighted by molar-refractivity contribution is -0.131. The van der Waals surface area contributed by atoms with Crippen LogP contribution in [0.5, 0.6) is 0 Å². The average Bonchev–Trinajstić information content (AvgIpc) is 2.98. The highest BCUT2D eigenvalue weighted by molar-refractivity contribution is 5.78. The number of hydrogen-bond donors (Lipinski definition) is 0. The number of rotatable bonds is 3. The van der Waals surface area contributed by atoms with Gasteiger partial charge in [0.2, 0.25) is 11.8 Å². The Hall–Kier alpha value is -1.85. The van der Waals surface area contributed by atoms with Crippen LogP contribution in [-0.2, 0) is 29.2 Å². The highest BCUT2D eigenvalue weighted by Gasteiger charge is 2.25. The predicted octanol–water partition coefficient (Wildman–Crippen LogP) is 1.15. The van der Waals surface area contributed by atoms with Gasteiger partial charge in [-0.1, -0.05) is 6.92 Å². The number of aryl methyl sites for hydroxylation is 1. The summed E-state index contributed by atoms with van der Waals surface area (Å²) in [4.78, 5) is 32.0. The van der Waals surface area contributed by atoms with Crippen molar-refractivity contribution < 1.29 is 9.59 Å². The number of fused-ring (bicyclic) bond motifs is 1. The van der Waals surface area contributed by atoms with Gasteiger partial charge >= 0.3 is 0 Å². The molecule has 0 atom stereocenters. The summed E-state index contributed by atoms with van der Waals surface area (Å²) in [7, 11) is 0. The molecule has 1 fully saturated rings. The van der Waals surface area contributed by atoms with E-state index < -0.39 is 0 Å². The molecule has 1 saturated heterocycles. The minimum atomic E-state index is 0.188. The summed E-state index contributed by atoms with van der Waals surface area (Å²) >= 11 is 0. The molecule has 0 aromatic carbocycles. The molecule has 21 heavy (non-hydrogen) atoms. The Morgan fingerprint density at radius 1 is 1.29 bits per heavy atom. The van der Waals surface area contributed by atoms with E-state index in [0.717, 1.165) is 43.9 Å². The summed E-state index contributed by atoms with van der Waals surface area (Å²) in [5.41, 5.74) is 2.04. The van der Waals surface area contributed by atoms with Gasteiger partial charge in [-0.05, 0) is 12.8 Å². The third kappa shape index (κ3) is 2.80. The van der Waals surface area contributed by atoms with Crippen molar-refractivity contribution >= 4 is 11.8 Å². The summed E-state index contributed by atoms with van der Waals surface area (Å²) in [6.45, 7) is 5.61. The zero-order valence-electron chi connectivity index (χ0n) is 12.5. The van der Waals surface area contributed by atoms with Crippen LogP contribution in [0.2, 0.25) is 0 Å². The van der Waals surface area contributed by atoms with Gasteiger partial charge < -0.3 is 14.4 Å². The lowest BCUT2D eigenvalue weighted by atomic mass is 10.2. The van der Waals surface area contributed by atoms with Crippen molar-refractivity contribution in [3.05, 3.63) is 17.7 Å². The second-order valence-electron chi connectivity index (χ2n) is 5.77. The fraction of sp³-hybridized carbons (Fsp3) is 0.667. The first kappa shape index (κ1) is 14.1. The third-order valence-corrected chi connectivity index (χ3v) is 4.37. The Morgan fingerprint density at radius 3 is 2.86 bits per heavy atom. The van der Waals surface area contributed by atoms with Crippen molar-refractivity contribution in [2.75, 3.05) is 13.1 Å². The van der Waals surface area contributed by atoms with E-state index in [1.807, 2.05) is 23.1 Å². The van der Waals surface area contributed by atoms with Gasteiger partial charge in [-0.15, -0.1) is 0 Å². The molecular weight excluding hydrogens is 268 g/mol. The highest BCUT2D eigenvalue weighted by Crippen LogP contribution is 2.20. The van der Waals surface area contributed by atoms with E-state index in [4.69, 9.17) is 0 Å². The fourth-order valence-corrected chi connectivity index (χ4v) is 3.14. The van der Waals surface area contributed by atoms with Crippen molar-refractivity contribution in [3.63, 3.8) is 0 Å². The molecular formula is C15H22N4O2. The molecule has 0 N–H and O–H groups in total. The van der Waals surface area contributed by atoms with E-state index in [-0.39, 0.29) is 11.8 Å². The SMILES string of the molecule is CCC(=O)N1CCCn2cnc(CN3CCCC3=O)c2C1. The first-order valence-electron chi connectivity index (χ1n) is 7.77. The predicted molar refractivity (Wildman–Crippen MR) is 77.2 cm³/mol. The first-order chi connectivity index (χ1) is 10.2. The Balaban J connectivity index is 1.80. The van der Waals surface area contributed by atoms with E-state index in [1.54, 1.807) is 0 Å². The topological polar surface area (TPSA) is 58.4 Å². The summed E-state index contributed by atoms with van der Waals surface area (Å²) in [6.07, 6.45) is 4.93. The maximum absolute atomic E-state index is 12.0. The molecule has 6 nitrogen and oxygen atoms in total. The van der Waals surface area contributed by atoms with Gasteiger partial charge in [0.05, 0.1) is 30.8 Å². The molecule has 2 aliphatic heterocycles. The number of nitrogens with zero attached hydrogens (tertiary/aromatic N) is 4. The molecule has 6 heteroatoms. The van der Waals surface area contributed by atoms with E-state index in [0.29, 0.717) is 25.9 Å². The number of aromatic nitrogens is 2. The lowest BCUT2D eigenvalue weighted by Gasteiger charge is -2.21. The molecule has 0 saturated carbocycles. The Bertz CT molecular complexity index is 552. The summed E-state index contributed by atoms with van der Waals surface area (Å²) in [5, 5.41) is 0. The summed E-state index contributed by atoms with van der Waals surface area (Å²) < 4.78 is 2.14. The van der Waals surface area contributed by atoms with Crippen molar-refractivity contribution in [3.8, 4) is 0 Å². The van der Waals surface area contributed by atoms with Crippen LogP contribution in [0.25, 0.3) is 0 Å². The van der Waals surface area contributed by atoms with Gasteiger partial charge in [0.15, 0.2) is 0 Å². The molecule has 0 aliphatic carbocycles. The Morgan fingerprint density at radius 2 is 2.14 bits per heavy atom. The molecule has 2 aliphatic rings. The van der Waals surface area contributed by atoms with E-state index in [9.17, 15) is 9.59 Å². The second-order valence-corrected chi connectivity index (χ2v) is 5.77. The molecule has 2 amide bonds. The molecule has 3 rings (SSSR count). The minimum absolute atomic E-state index is 0.188. The zero-order chi connectivity index (χ0) is 14.8. The van der Waals surface area contributed by atoms with Gasteiger partial charge in [-0.2, -0.15) is 0 Å². The third-order valence-electron chi connectivity index (χ3n) is 4.37. The van der Waals surface area contributed by atoms with Crippen LogP contribution in [0.15, 0.2) is 6.33 Å². The van der Waals surface area contributed by atoms with Crippen molar-refractivity contribution in [2.45, 2.75) is 52.2 Å². The number of amides is 2. The van der Waals surface area contributed by atoms with Crippen LogP contribution >= 0.6 is 0 Å². The molecule has 1 aromatic rings. The van der Waals surface area contributed by atoms with Crippen molar-refractivity contribution in [2.24, 2.45) is 0 Å². The molecule has 0 unspecified atom stereocenters. The smallest absolute Gasteiger partial charge is 0.222 e. The normalized spacial score (nSPS) is 18.8. The molecule has 0 spiro atoms. The second kappa shape index (κ2) is 5.87. The van der Waals surface area contributed by atoms with Crippen LogP contribution in [0, 0.1) is 0 Å². The average molecular weight is 290 g/mol. The van der Waals surface area contributed by atoms with E-state index in [1.165, 1.54) is 0 Å². The number of imidazole rings is 1. The molecule has 0 radical (unpaired) electrons. The first-order valence-corrected chi connectivity index (χ1v) is 7.77. The maximum atomic E-state index is 12.0. The van der Waals surface area contributed by atoms with Crippen molar-refractivity contribution in [1.82, 2.24) is 19.4 Å². The Labute approximate surface area is 124 Å². The van der Waals surface area contributed by atoms with Crippen LogP contribution in [0.4, 0.5) is 0 Å². The van der Waals surface area contributed by atoms with E-state index in [2.05, 4.69) is 9.55 Å². The maximum Gasteiger partial charge on any atom is 0.222 e. The molecule has 3 heterocycles. The zero-order valence-corrected chi connectivity index (χ0v) is 12.5. The highest BCUT2D eigenvalue weighted by atomic mass is 16.2. The summed E-state index contributed by atoms with van der Waals surface area (Å²) in [5.74, 6) is 0.403. The fourth-order valence-electron chi connectivity index (χ4n) is 3.14. The number of carbonyl (C=O) groups is 2. The van der Waals surface area contributed by atoms with Crippen LogP contribution < -0.4 is 0 Å². The molecule has 0 bridgehead atoms. The number of likely N-dealkylation sites (tertiary alicyclic amines) is 1. The van der Waals surface area contributed by atoms with Gasteiger partial charge in [0.1, 0.15) is 0 Å². The monoisotopic (exact) mass is 290 g/mol. The van der Waals surface area contributed by atoms with E-state index >= 15 is 0 Å². The largest absolute Gasteiger partial charge is 0.337 e. The molecule has 114 valence electrons. The number of hydrogen-bond acceptors (Lipinski definition) is 3. The van der Waals surface area contributed by atoms with Gasteiger partial charge in [-0.3, -0.25) is 9.59 Å². The molecule has 1 aromatic heterocycles.